The topological polar surface area (TPSA) is 76.1 Å². The monoisotopic (exact) mass is 291 g/mol. The minimum absolute atomic E-state index is 0.0492. The molecule has 1 N–H and O–H groups in total. The van der Waals surface area contributed by atoms with E-state index in [-0.39, 0.29) is 5.91 Å². The number of methoxy groups -OCH3 is 1. The van der Waals surface area contributed by atoms with Gasteiger partial charge < -0.3 is 19.5 Å². The van der Waals surface area contributed by atoms with Gasteiger partial charge in [-0.3, -0.25) is 4.79 Å². The number of hydrogen-bond acceptors (Lipinski definition) is 4. The molecule has 0 spiro atoms. The van der Waals surface area contributed by atoms with E-state index in [0.29, 0.717) is 30.0 Å². The van der Waals surface area contributed by atoms with Crippen molar-refractivity contribution in [3.63, 3.8) is 0 Å². The Kier molecular flexibility index (Phi) is 4.47. The van der Waals surface area contributed by atoms with Gasteiger partial charge in [0.05, 0.1) is 7.11 Å². The number of likely N-dealkylation sites (tertiary alicyclic amines) is 1. The SMILES string of the molecule is COc1cc(C=CC(=O)O)ccc1OC1CCN(C)C1=O. The molecule has 1 aromatic rings. The highest BCUT2D eigenvalue weighted by Crippen LogP contribution is 2.31. The summed E-state index contributed by atoms with van der Waals surface area (Å²) in [6, 6.07) is 5.05. The molecule has 1 aliphatic rings. The molecule has 1 atom stereocenters. The van der Waals surface area contributed by atoms with Crippen molar-refractivity contribution in [2.45, 2.75) is 12.5 Å². The summed E-state index contributed by atoms with van der Waals surface area (Å²) in [6.45, 7) is 0.672. The summed E-state index contributed by atoms with van der Waals surface area (Å²) in [7, 11) is 3.23. The van der Waals surface area contributed by atoms with Crippen molar-refractivity contribution in [2.24, 2.45) is 0 Å². The Bertz CT molecular complexity index is 581. The van der Waals surface area contributed by atoms with Crippen LogP contribution >= 0.6 is 0 Å². The number of likely N-dealkylation sites (N-methyl/N-ethyl adjacent to an activating group) is 1. The molecule has 1 saturated heterocycles. The summed E-state index contributed by atoms with van der Waals surface area (Å²) < 4.78 is 10.9. The van der Waals surface area contributed by atoms with Crippen molar-refractivity contribution in [2.75, 3.05) is 20.7 Å². The maximum atomic E-state index is 11.8. The number of hydrogen-bond donors (Lipinski definition) is 1. The van der Waals surface area contributed by atoms with Crippen LogP contribution in [0.15, 0.2) is 24.3 Å². The number of carboxylic acids is 1. The van der Waals surface area contributed by atoms with E-state index in [4.69, 9.17) is 14.6 Å². The highest BCUT2D eigenvalue weighted by Gasteiger charge is 2.31. The third kappa shape index (κ3) is 3.53. The van der Waals surface area contributed by atoms with E-state index in [1.165, 1.54) is 13.2 Å². The molecule has 0 radical (unpaired) electrons. The van der Waals surface area contributed by atoms with E-state index < -0.39 is 12.1 Å². The first-order valence-electron chi connectivity index (χ1n) is 6.52. The van der Waals surface area contributed by atoms with Crippen molar-refractivity contribution >= 4 is 18.0 Å². The molecule has 112 valence electrons. The molecule has 1 amide bonds. The van der Waals surface area contributed by atoms with Crippen molar-refractivity contribution in [3.8, 4) is 11.5 Å². The lowest BCUT2D eigenvalue weighted by Crippen LogP contribution is -2.29. The Morgan fingerprint density at radius 1 is 1.43 bits per heavy atom. The molecular formula is C15H17NO5. The van der Waals surface area contributed by atoms with Crippen molar-refractivity contribution in [1.82, 2.24) is 4.90 Å². The molecule has 1 heterocycles. The lowest BCUT2D eigenvalue weighted by molar-refractivity contribution is -0.132. The first-order chi connectivity index (χ1) is 10.0. The van der Waals surface area contributed by atoms with Gasteiger partial charge in [0, 0.05) is 26.1 Å². The molecule has 21 heavy (non-hydrogen) atoms. The molecule has 0 aromatic heterocycles. The van der Waals surface area contributed by atoms with Crippen LogP contribution in [0.4, 0.5) is 0 Å². The molecule has 2 rings (SSSR count). The van der Waals surface area contributed by atoms with Gasteiger partial charge in [-0.2, -0.15) is 0 Å². The summed E-state index contributed by atoms with van der Waals surface area (Å²) in [4.78, 5) is 24.0. The second-order valence-corrected chi connectivity index (χ2v) is 4.74. The number of aliphatic carboxylic acids is 1. The van der Waals surface area contributed by atoms with Crippen LogP contribution in [0.5, 0.6) is 11.5 Å². The number of amides is 1. The zero-order chi connectivity index (χ0) is 15.4. The minimum Gasteiger partial charge on any atom is -0.493 e. The number of benzene rings is 1. The van der Waals surface area contributed by atoms with Crippen molar-refractivity contribution in [3.05, 3.63) is 29.8 Å². The highest BCUT2D eigenvalue weighted by molar-refractivity contribution is 5.85. The van der Waals surface area contributed by atoms with Crippen LogP contribution in [0.3, 0.4) is 0 Å². The Morgan fingerprint density at radius 2 is 2.19 bits per heavy atom. The average Bonchev–Trinajstić information content (AvgIpc) is 2.78. The molecule has 6 nitrogen and oxygen atoms in total. The van der Waals surface area contributed by atoms with Gasteiger partial charge in [-0.25, -0.2) is 4.79 Å². The van der Waals surface area contributed by atoms with Crippen LogP contribution in [-0.2, 0) is 9.59 Å². The zero-order valence-electron chi connectivity index (χ0n) is 11.9. The summed E-state index contributed by atoms with van der Waals surface area (Å²) in [6.07, 6.45) is 2.65. The smallest absolute Gasteiger partial charge is 0.328 e. The first-order valence-corrected chi connectivity index (χ1v) is 6.52. The fourth-order valence-corrected chi connectivity index (χ4v) is 2.11. The van der Waals surface area contributed by atoms with Gasteiger partial charge in [0.25, 0.3) is 5.91 Å². The quantitative estimate of drug-likeness (QED) is 0.830. The lowest BCUT2D eigenvalue weighted by Gasteiger charge is -2.15. The predicted octanol–water partition coefficient (Wildman–Crippen LogP) is 1.40. The first kappa shape index (κ1) is 14.9. The molecule has 1 unspecified atom stereocenters. The molecule has 1 aliphatic heterocycles. The number of carboxylic acid groups (broad SMARTS) is 1. The van der Waals surface area contributed by atoms with E-state index in [9.17, 15) is 9.59 Å². The van der Waals surface area contributed by atoms with E-state index in [2.05, 4.69) is 0 Å². The van der Waals surface area contributed by atoms with E-state index in [1.54, 1.807) is 30.1 Å². The van der Waals surface area contributed by atoms with Gasteiger partial charge >= 0.3 is 5.97 Å². The Labute approximate surface area is 122 Å². The number of rotatable bonds is 5. The maximum absolute atomic E-state index is 11.8. The van der Waals surface area contributed by atoms with E-state index in [1.807, 2.05) is 0 Å². The number of nitrogens with zero attached hydrogens (tertiary/aromatic N) is 1. The number of carbonyl (C=O) groups is 2. The summed E-state index contributed by atoms with van der Waals surface area (Å²) in [5, 5.41) is 8.61. The zero-order valence-corrected chi connectivity index (χ0v) is 11.9. The van der Waals surface area contributed by atoms with Crippen molar-refractivity contribution in [1.29, 1.82) is 0 Å². The largest absolute Gasteiger partial charge is 0.493 e. The van der Waals surface area contributed by atoms with Gasteiger partial charge in [-0.1, -0.05) is 6.07 Å². The van der Waals surface area contributed by atoms with Crippen molar-refractivity contribution < 1.29 is 24.2 Å². The van der Waals surface area contributed by atoms with Gasteiger partial charge in [0.2, 0.25) is 0 Å². The van der Waals surface area contributed by atoms with Crippen LogP contribution in [0.25, 0.3) is 6.08 Å². The van der Waals surface area contributed by atoms with Crippen LogP contribution in [-0.4, -0.2) is 48.7 Å². The van der Waals surface area contributed by atoms with Gasteiger partial charge in [-0.05, 0) is 23.8 Å². The van der Waals surface area contributed by atoms with E-state index >= 15 is 0 Å². The second-order valence-electron chi connectivity index (χ2n) is 4.74. The third-order valence-electron chi connectivity index (χ3n) is 3.25. The minimum atomic E-state index is -1.02. The van der Waals surface area contributed by atoms with Gasteiger partial charge in [-0.15, -0.1) is 0 Å². The van der Waals surface area contributed by atoms with Crippen LogP contribution < -0.4 is 9.47 Å². The average molecular weight is 291 g/mol. The third-order valence-corrected chi connectivity index (χ3v) is 3.25. The normalized spacial score (nSPS) is 18.3. The summed E-state index contributed by atoms with van der Waals surface area (Å²) in [5.41, 5.74) is 0.677. The fraction of sp³-hybridized carbons (Fsp3) is 0.333. The fourth-order valence-electron chi connectivity index (χ4n) is 2.11. The second kappa shape index (κ2) is 6.30. The van der Waals surface area contributed by atoms with Gasteiger partial charge in [0.1, 0.15) is 0 Å². The Hall–Kier alpha value is -2.50. The summed E-state index contributed by atoms with van der Waals surface area (Å²) >= 11 is 0. The molecule has 0 saturated carbocycles. The Morgan fingerprint density at radius 3 is 2.76 bits per heavy atom. The van der Waals surface area contributed by atoms with Crippen LogP contribution in [0.2, 0.25) is 0 Å². The molecular weight excluding hydrogens is 274 g/mol. The predicted molar refractivity (Wildman–Crippen MR) is 76.3 cm³/mol. The van der Waals surface area contributed by atoms with Gasteiger partial charge in [0.15, 0.2) is 17.6 Å². The van der Waals surface area contributed by atoms with Crippen LogP contribution in [0, 0.1) is 0 Å². The van der Waals surface area contributed by atoms with E-state index in [0.717, 1.165) is 6.08 Å². The van der Waals surface area contributed by atoms with Crippen LogP contribution in [0.1, 0.15) is 12.0 Å². The summed E-state index contributed by atoms with van der Waals surface area (Å²) in [5.74, 6) is -0.135. The molecule has 1 aromatic carbocycles. The Balaban J connectivity index is 2.17. The number of carbonyl (C=O) groups excluding carboxylic acids is 1. The molecule has 1 fully saturated rings. The molecule has 6 heteroatoms. The maximum Gasteiger partial charge on any atom is 0.328 e. The molecule has 0 bridgehead atoms. The highest BCUT2D eigenvalue weighted by atomic mass is 16.5. The number of ether oxygens (including phenoxy) is 2. The standard InChI is InChI=1S/C15H17NO5/c1-16-8-7-12(15(16)19)21-11-5-3-10(4-6-14(17)18)9-13(11)20-2/h3-6,9,12H,7-8H2,1-2H3,(H,17,18). The lowest BCUT2D eigenvalue weighted by atomic mass is 10.2. The molecule has 0 aliphatic carbocycles.